The van der Waals surface area contributed by atoms with Gasteiger partial charge in [-0.2, -0.15) is 0 Å². The van der Waals surface area contributed by atoms with Gasteiger partial charge in [0.15, 0.2) is 0 Å². The topological polar surface area (TPSA) is 69.7 Å². The number of fused-ring (bicyclic) bond motifs is 7. The Balaban J connectivity index is 1.56. The van der Waals surface area contributed by atoms with Gasteiger partial charge < -0.3 is 5.32 Å². The van der Waals surface area contributed by atoms with Gasteiger partial charge >= 0.3 is 0 Å². The van der Waals surface area contributed by atoms with Gasteiger partial charge in [0.1, 0.15) is 5.54 Å². The fourth-order valence-electron chi connectivity index (χ4n) is 6.12. The molecule has 6 nitrogen and oxygen atoms in total. The van der Waals surface area contributed by atoms with Gasteiger partial charge in [-0.1, -0.05) is 33.6 Å². The molecule has 3 amide bonds. The summed E-state index contributed by atoms with van der Waals surface area (Å²) in [5.41, 5.74) is 2.04. The average Bonchev–Trinajstić information content (AvgIpc) is 3.42. The van der Waals surface area contributed by atoms with Crippen LogP contribution in [0.15, 0.2) is 46.9 Å². The van der Waals surface area contributed by atoms with Crippen molar-refractivity contribution in [1.29, 1.82) is 0 Å². The Morgan fingerprint density at radius 3 is 2.60 bits per heavy atom. The Hall–Kier alpha value is -2.51. The van der Waals surface area contributed by atoms with Crippen LogP contribution < -0.4 is 10.2 Å². The Kier molecular flexibility index (Phi) is 3.66. The molecular weight excluding hydrogens is 446 g/mol. The third-order valence-corrected chi connectivity index (χ3v) is 7.74. The molecule has 0 aliphatic carbocycles. The van der Waals surface area contributed by atoms with E-state index in [9.17, 15) is 14.4 Å². The van der Waals surface area contributed by atoms with Crippen LogP contribution in [0.1, 0.15) is 24.0 Å². The number of nitrogens with one attached hydrogen (secondary N) is 1. The second kappa shape index (κ2) is 6.02. The van der Waals surface area contributed by atoms with Crippen LogP contribution in [0.4, 0.5) is 11.4 Å². The molecule has 3 fully saturated rings. The van der Waals surface area contributed by atoms with E-state index in [-0.39, 0.29) is 23.8 Å². The maximum Gasteiger partial charge on any atom is 0.250 e. The summed E-state index contributed by atoms with van der Waals surface area (Å²) in [7, 11) is 0. The van der Waals surface area contributed by atoms with Gasteiger partial charge in [-0.25, -0.2) is 4.90 Å². The smallest absolute Gasteiger partial charge is 0.250 e. The lowest BCUT2D eigenvalue weighted by atomic mass is 9.75. The largest absolute Gasteiger partial charge is 0.324 e. The van der Waals surface area contributed by atoms with E-state index in [4.69, 9.17) is 0 Å². The van der Waals surface area contributed by atoms with Crippen molar-refractivity contribution in [2.75, 3.05) is 16.8 Å². The first-order chi connectivity index (χ1) is 14.4. The lowest BCUT2D eigenvalue weighted by molar-refractivity contribution is -0.135. The summed E-state index contributed by atoms with van der Waals surface area (Å²) in [5, 5.41) is 3.00. The summed E-state index contributed by atoms with van der Waals surface area (Å²) < 4.78 is 0.850. The van der Waals surface area contributed by atoms with Crippen LogP contribution >= 0.6 is 15.9 Å². The highest BCUT2D eigenvalue weighted by Crippen LogP contribution is 2.60. The quantitative estimate of drug-likeness (QED) is 0.656. The van der Waals surface area contributed by atoms with Crippen LogP contribution in [0.3, 0.4) is 0 Å². The number of carbonyl (C=O) groups is 3. The highest BCUT2D eigenvalue weighted by molar-refractivity contribution is 9.10. The van der Waals surface area contributed by atoms with E-state index >= 15 is 0 Å². The number of hydrogen-bond donors (Lipinski definition) is 1. The third-order valence-electron chi connectivity index (χ3n) is 7.25. The SMILES string of the molecule is Cc1ccc(N2C(=O)[C@H]3[C@H]4CCCN4[C@@]4(C(=O)Nc5ccc(Br)cc54)[C@@H]3C2=O)cc1. The monoisotopic (exact) mass is 465 g/mol. The first-order valence-electron chi connectivity index (χ1n) is 10.3. The predicted octanol–water partition coefficient (Wildman–Crippen LogP) is 3.19. The molecule has 4 aliphatic rings. The molecule has 7 heteroatoms. The molecule has 0 radical (unpaired) electrons. The number of anilines is 2. The summed E-state index contributed by atoms with van der Waals surface area (Å²) in [6.07, 6.45) is 1.73. The lowest BCUT2D eigenvalue weighted by Crippen LogP contribution is -2.54. The van der Waals surface area contributed by atoms with Crippen molar-refractivity contribution < 1.29 is 14.4 Å². The molecule has 0 saturated carbocycles. The molecule has 30 heavy (non-hydrogen) atoms. The Bertz CT molecular complexity index is 1130. The zero-order valence-electron chi connectivity index (χ0n) is 16.4. The summed E-state index contributed by atoms with van der Waals surface area (Å²) in [6.45, 7) is 2.68. The Morgan fingerprint density at radius 2 is 1.83 bits per heavy atom. The first-order valence-corrected chi connectivity index (χ1v) is 11.1. The molecule has 0 bridgehead atoms. The molecular formula is C23H20BrN3O3. The number of amides is 3. The molecule has 4 heterocycles. The Morgan fingerprint density at radius 1 is 1.07 bits per heavy atom. The fraction of sp³-hybridized carbons (Fsp3) is 0.348. The van der Waals surface area contributed by atoms with Gasteiger partial charge in [0.2, 0.25) is 17.7 Å². The number of carbonyl (C=O) groups excluding carboxylic acids is 3. The van der Waals surface area contributed by atoms with Gasteiger partial charge in [-0.3, -0.25) is 19.3 Å². The van der Waals surface area contributed by atoms with E-state index in [1.165, 1.54) is 4.90 Å². The van der Waals surface area contributed by atoms with Gasteiger partial charge in [-0.05, 0) is 56.6 Å². The van der Waals surface area contributed by atoms with Gasteiger partial charge in [0, 0.05) is 21.8 Å². The minimum atomic E-state index is -1.13. The summed E-state index contributed by atoms with van der Waals surface area (Å²) in [5.74, 6) is -1.86. The molecule has 1 N–H and O–H groups in total. The number of imide groups is 1. The third kappa shape index (κ3) is 2.04. The maximum atomic E-state index is 13.8. The highest BCUT2D eigenvalue weighted by Gasteiger charge is 2.74. The van der Waals surface area contributed by atoms with Crippen molar-refractivity contribution in [3.05, 3.63) is 58.1 Å². The predicted molar refractivity (Wildman–Crippen MR) is 115 cm³/mol. The molecule has 0 aromatic heterocycles. The van der Waals surface area contributed by atoms with E-state index in [2.05, 4.69) is 26.1 Å². The molecule has 4 atom stereocenters. The zero-order chi connectivity index (χ0) is 20.8. The van der Waals surface area contributed by atoms with E-state index in [1.807, 2.05) is 49.4 Å². The summed E-state index contributed by atoms with van der Waals surface area (Å²) in [4.78, 5) is 44.4. The van der Waals surface area contributed by atoms with Gasteiger partial charge in [-0.15, -0.1) is 0 Å². The van der Waals surface area contributed by atoms with Crippen molar-refractivity contribution in [2.24, 2.45) is 11.8 Å². The van der Waals surface area contributed by atoms with Gasteiger partial charge in [0.05, 0.1) is 17.5 Å². The van der Waals surface area contributed by atoms with Crippen molar-refractivity contribution >= 4 is 45.0 Å². The molecule has 4 aliphatic heterocycles. The van der Waals surface area contributed by atoms with Crippen molar-refractivity contribution in [3.8, 4) is 0 Å². The lowest BCUT2D eigenvalue weighted by Gasteiger charge is -2.36. The van der Waals surface area contributed by atoms with Crippen LogP contribution in [0, 0.1) is 18.8 Å². The number of rotatable bonds is 1. The molecule has 3 saturated heterocycles. The normalized spacial score (nSPS) is 32.0. The first kappa shape index (κ1) is 18.3. The Labute approximate surface area is 182 Å². The number of aryl methyl sites for hydroxylation is 1. The fourth-order valence-corrected chi connectivity index (χ4v) is 6.48. The van der Waals surface area contributed by atoms with Crippen LogP contribution in [0.25, 0.3) is 0 Å². The minimum Gasteiger partial charge on any atom is -0.324 e. The number of benzene rings is 2. The molecule has 1 spiro atoms. The average molecular weight is 466 g/mol. The van der Waals surface area contributed by atoms with Crippen molar-refractivity contribution in [1.82, 2.24) is 4.90 Å². The van der Waals surface area contributed by atoms with E-state index < -0.39 is 17.4 Å². The molecule has 2 aromatic rings. The number of hydrogen-bond acceptors (Lipinski definition) is 4. The minimum absolute atomic E-state index is 0.0995. The highest BCUT2D eigenvalue weighted by atomic mass is 79.9. The van der Waals surface area contributed by atoms with Crippen LogP contribution in [-0.4, -0.2) is 35.2 Å². The zero-order valence-corrected chi connectivity index (χ0v) is 18.0. The van der Waals surface area contributed by atoms with Crippen LogP contribution in [0.5, 0.6) is 0 Å². The number of halogens is 1. The number of nitrogens with zero attached hydrogens (tertiary/aromatic N) is 2. The van der Waals surface area contributed by atoms with Crippen molar-refractivity contribution in [3.63, 3.8) is 0 Å². The molecule has 152 valence electrons. The van der Waals surface area contributed by atoms with E-state index in [0.29, 0.717) is 12.2 Å². The molecule has 6 rings (SSSR count). The van der Waals surface area contributed by atoms with E-state index in [1.54, 1.807) is 0 Å². The van der Waals surface area contributed by atoms with Crippen LogP contribution in [-0.2, 0) is 19.9 Å². The summed E-state index contributed by atoms with van der Waals surface area (Å²) in [6, 6.07) is 13.0. The second-order valence-corrected chi connectivity index (χ2v) is 9.58. The standard InChI is InChI=1S/C23H20BrN3O3/c1-12-4-7-14(8-5-12)27-20(28)18-17-3-2-10-26(17)23(19(18)21(27)29)15-11-13(24)6-9-16(15)25-22(23)30/h4-9,11,17-19H,2-3,10H2,1H3,(H,25,30)/t17-,18+,19+,23-/m1/s1. The molecule has 0 unspecified atom stereocenters. The van der Waals surface area contributed by atoms with E-state index in [0.717, 1.165) is 34.1 Å². The van der Waals surface area contributed by atoms with Gasteiger partial charge in [0.25, 0.3) is 0 Å². The maximum absolute atomic E-state index is 13.8. The van der Waals surface area contributed by atoms with Crippen molar-refractivity contribution in [2.45, 2.75) is 31.3 Å². The second-order valence-electron chi connectivity index (χ2n) is 8.66. The summed E-state index contributed by atoms with van der Waals surface area (Å²) >= 11 is 3.52. The molecule has 2 aromatic carbocycles. The van der Waals surface area contributed by atoms with Crippen LogP contribution in [0.2, 0.25) is 0 Å².